The van der Waals surface area contributed by atoms with Crippen LogP contribution >= 0.6 is 34.7 Å². The number of carbonyl (C=O) groups is 1. The van der Waals surface area contributed by atoms with Crippen molar-refractivity contribution in [3.05, 3.63) is 55.7 Å². The predicted octanol–water partition coefficient (Wildman–Crippen LogP) is 1.81. The molecule has 0 atom stereocenters. The number of rotatable bonds is 5. The molecule has 0 unspecified atom stereocenters. The highest BCUT2D eigenvalue weighted by molar-refractivity contribution is 8.01. The largest absolute Gasteiger partial charge is 0.332 e. The highest BCUT2D eigenvalue weighted by atomic mass is 35.5. The lowest BCUT2D eigenvalue weighted by Crippen LogP contribution is -2.37. The number of hydrogen-bond acceptors (Lipinski definition) is 8. The zero-order valence-corrected chi connectivity index (χ0v) is 19.0. The summed E-state index contributed by atoms with van der Waals surface area (Å²) in [6.07, 6.45) is 0.182. The highest BCUT2D eigenvalue weighted by Gasteiger charge is 2.19. The minimum absolute atomic E-state index is 0.182. The normalized spacial score (nSPS) is 11.2. The number of benzene rings is 1. The first-order valence-electron chi connectivity index (χ1n) is 8.92. The van der Waals surface area contributed by atoms with Crippen molar-refractivity contribution in [3.63, 3.8) is 0 Å². The summed E-state index contributed by atoms with van der Waals surface area (Å²) in [5, 5.41) is 12.2. The maximum absolute atomic E-state index is 12.5. The first kappa shape index (κ1) is 21.3. The van der Waals surface area contributed by atoms with Crippen LogP contribution in [-0.2, 0) is 32.4 Å². The lowest BCUT2D eigenvalue weighted by Gasteiger charge is -2.03. The Hall–Kier alpha value is -2.96. The number of imidazole rings is 1. The molecule has 4 rings (SSSR count). The van der Waals surface area contributed by atoms with E-state index in [-0.39, 0.29) is 12.3 Å². The van der Waals surface area contributed by atoms with Crippen molar-refractivity contribution in [2.45, 2.75) is 15.9 Å². The van der Waals surface area contributed by atoms with Gasteiger partial charge in [-0.2, -0.15) is 0 Å². The molecule has 1 aromatic carbocycles. The van der Waals surface area contributed by atoms with Crippen molar-refractivity contribution in [3.8, 4) is 0 Å². The molecule has 0 aliphatic rings. The Kier molecular flexibility index (Phi) is 5.69. The van der Waals surface area contributed by atoms with Crippen LogP contribution in [0.5, 0.6) is 0 Å². The van der Waals surface area contributed by atoms with Crippen LogP contribution in [-0.4, -0.2) is 34.8 Å². The van der Waals surface area contributed by atoms with Gasteiger partial charge in [-0.1, -0.05) is 35.1 Å². The van der Waals surface area contributed by atoms with Crippen molar-refractivity contribution < 1.29 is 4.79 Å². The molecule has 13 heteroatoms. The van der Waals surface area contributed by atoms with Crippen LogP contribution in [0.15, 0.2) is 43.4 Å². The first-order chi connectivity index (χ1) is 14.7. The Bertz CT molecular complexity index is 1420. The molecule has 1 amide bonds. The Morgan fingerprint density at radius 2 is 1.81 bits per heavy atom. The van der Waals surface area contributed by atoms with E-state index >= 15 is 0 Å². The molecule has 3 heterocycles. The van der Waals surface area contributed by atoms with Crippen molar-refractivity contribution in [1.82, 2.24) is 28.9 Å². The summed E-state index contributed by atoms with van der Waals surface area (Å²) in [5.74, 6) is -0.226. The molecule has 0 bridgehead atoms. The number of aryl methyl sites for hydroxylation is 2. The van der Waals surface area contributed by atoms with Gasteiger partial charge in [0, 0.05) is 26.2 Å². The number of nitrogens with zero attached hydrogens (tertiary/aromatic N) is 6. The number of anilines is 1. The van der Waals surface area contributed by atoms with Gasteiger partial charge in [0.1, 0.15) is 0 Å². The van der Waals surface area contributed by atoms with E-state index in [4.69, 9.17) is 11.6 Å². The number of aromatic nitrogens is 6. The number of carbonyl (C=O) groups excluding carboxylic acids is 1. The highest BCUT2D eigenvalue weighted by Crippen LogP contribution is 2.32. The van der Waals surface area contributed by atoms with Gasteiger partial charge < -0.3 is 9.88 Å². The molecule has 10 nitrogen and oxygen atoms in total. The van der Waals surface area contributed by atoms with Gasteiger partial charge in [-0.05, 0) is 29.5 Å². The summed E-state index contributed by atoms with van der Waals surface area (Å²) < 4.78 is 4.50. The average molecular weight is 478 g/mol. The van der Waals surface area contributed by atoms with E-state index in [1.54, 1.807) is 42.9 Å². The van der Waals surface area contributed by atoms with Crippen molar-refractivity contribution in [2.75, 3.05) is 5.32 Å². The fourth-order valence-corrected chi connectivity index (χ4v) is 4.77. The SMILES string of the molecule is Cn1c(=O)c2c(nc(Sc3nnc(NC(=O)Cc4ccc(Cl)cc4)s3)n2C)n(C)c1=O. The van der Waals surface area contributed by atoms with Crippen molar-refractivity contribution in [1.29, 1.82) is 0 Å². The minimum atomic E-state index is -0.450. The van der Waals surface area contributed by atoms with Crippen LogP contribution in [0.4, 0.5) is 5.13 Å². The van der Waals surface area contributed by atoms with Crippen molar-refractivity contribution in [2.24, 2.45) is 21.1 Å². The van der Waals surface area contributed by atoms with Gasteiger partial charge in [0.2, 0.25) is 11.0 Å². The van der Waals surface area contributed by atoms with Gasteiger partial charge in [-0.3, -0.25) is 18.7 Å². The van der Waals surface area contributed by atoms with E-state index in [9.17, 15) is 14.4 Å². The van der Waals surface area contributed by atoms with Crippen LogP contribution in [0.25, 0.3) is 11.2 Å². The van der Waals surface area contributed by atoms with Gasteiger partial charge in [0.25, 0.3) is 5.56 Å². The summed E-state index contributed by atoms with van der Waals surface area (Å²) in [6.45, 7) is 0. The minimum Gasteiger partial charge on any atom is -0.316 e. The standard InChI is InChI=1S/C18H16ClN7O3S2/c1-24-12-13(25(2)18(29)26(3)14(12)28)21-16(24)31-17-23-22-15(30-17)20-11(27)8-9-4-6-10(19)7-5-9/h4-7H,8H2,1-3H3,(H,20,22,27). The van der Waals surface area contributed by atoms with E-state index in [0.717, 1.165) is 10.1 Å². The Labute approximate surface area is 188 Å². The summed E-state index contributed by atoms with van der Waals surface area (Å²) in [4.78, 5) is 41.3. The molecule has 0 aliphatic heterocycles. The zero-order valence-electron chi connectivity index (χ0n) is 16.6. The summed E-state index contributed by atoms with van der Waals surface area (Å²) in [7, 11) is 4.68. The smallest absolute Gasteiger partial charge is 0.316 e. The van der Waals surface area contributed by atoms with E-state index < -0.39 is 11.2 Å². The molecule has 31 heavy (non-hydrogen) atoms. The molecule has 0 fully saturated rings. The van der Waals surface area contributed by atoms with E-state index in [0.29, 0.717) is 30.8 Å². The molecule has 0 aliphatic carbocycles. The van der Waals surface area contributed by atoms with E-state index in [1.807, 2.05) is 0 Å². The van der Waals surface area contributed by atoms with Crippen LogP contribution < -0.4 is 16.6 Å². The molecule has 1 N–H and O–H groups in total. The number of halogens is 1. The van der Waals surface area contributed by atoms with Crippen molar-refractivity contribution >= 4 is 56.9 Å². The molecule has 160 valence electrons. The molecular weight excluding hydrogens is 462 g/mol. The Balaban J connectivity index is 1.53. The van der Waals surface area contributed by atoms with Gasteiger partial charge in [0.15, 0.2) is 20.7 Å². The van der Waals surface area contributed by atoms with E-state index in [1.165, 1.54) is 34.7 Å². The zero-order chi connectivity index (χ0) is 22.3. The summed E-state index contributed by atoms with van der Waals surface area (Å²) >= 11 is 8.23. The fourth-order valence-electron chi connectivity index (χ4n) is 2.92. The average Bonchev–Trinajstić information content (AvgIpc) is 3.31. The number of hydrogen-bond donors (Lipinski definition) is 1. The fraction of sp³-hybridized carbons (Fsp3) is 0.222. The van der Waals surface area contributed by atoms with E-state index in [2.05, 4.69) is 20.5 Å². The molecule has 0 saturated heterocycles. The molecule has 0 saturated carbocycles. The van der Waals surface area contributed by atoms with Crippen LogP contribution in [0.3, 0.4) is 0 Å². The third-order valence-electron chi connectivity index (χ3n) is 4.54. The van der Waals surface area contributed by atoms with Crippen LogP contribution in [0, 0.1) is 0 Å². The van der Waals surface area contributed by atoms with Crippen LogP contribution in [0.2, 0.25) is 5.02 Å². The lowest BCUT2D eigenvalue weighted by atomic mass is 10.1. The molecule has 4 aromatic rings. The van der Waals surface area contributed by atoms with Gasteiger partial charge in [-0.15, -0.1) is 10.2 Å². The quantitative estimate of drug-likeness (QED) is 0.435. The molecule has 0 radical (unpaired) electrons. The van der Waals surface area contributed by atoms with Crippen LogP contribution in [0.1, 0.15) is 5.56 Å². The number of nitrogens with one attached hydrogen (secondary N) is 1. The third-order valence-corrected chi connectivity index (χ3v) is 6.73. The predicted molar refractivity (Wildman–Crippen MR) is 119 cm³/mol. The third kappa shape index (κ3) is 4.13. The summed E-state index contributed by atoms with van der Waals surface area (Å²) in [5.41, 5.74) is 0.557. The maximum atomic E-state index is 12.5. The summed E-state index contributed by atoms with van der Waals surface area (Å²) in [6, 6.07) is 7.02. The van der Waals surface area contributed by atoms with Gasteiger partial charge >= 0.3 is 5.69 Å². The second kappa shape index (κ2) is 8.29. The Morgan fingerprint density at radius 3 is 2.52 bits per heavy atom. The Morgan fingerprint density at radius 1 is 1.10 bits per heavy atom. The second-order valence-corrected chi connectivity index (χ2v) is 9.29. The van der Waals surface area contributed by atoms with Gasteiger partial charge in [-0.25, -0.2) is 9.78 Å². The van der Waals surface area contributed by atoms with Gasteiger partial charge in [0.05, 0.1) is 6.42 Å². The monoisotopic (exact) mass is 477 g/mol. The number of amides is 1. The molecular formula is C18H16ClN7O3S2. The molecule has 3 aromatic heterocycles. The topological polar surface area (TPSA) is 117 Å². The first-order valence-corrected chi connectivity index (χ1v) is 10.9. The number of fused-ring (bicyclic) bond motifs is 1. The maximum Gasteiger partial charge on any atom is 0.332 e. The molecule has 0 spiro atoms. The second-order valence-electron chi connectivity index (χ2n) is 6.66. The lowest BCUT2D eigenvalue weighted by molar-refractivity contribution is -0.115.